The van der Waals surface area contributed by atoms with Crippen LogP contribution in [-0.4, -0.2) is 9.97 Å². The maximum atomic E-state index is 5.93. The SMILES string of the molecule is CC(c1ccc2ccccc2c1)c1nc[nH]c1CCl. The summed E-state index contributed by atoms with van der Waals surface area (Å²) in [6, 6.07) is 14.9. The van der Waals surface area contributed by atoms with E-state index in [1.807, 2.05) is 0 Å². The molecule has 0 saturated carbocycles. The molecule has 0 fully saturated rings. The second-order valence-corrected chi connectivity index (χ2v) is 5.00. The van der Waals surface area contributed by atoms with Gasteiger partial charge in [-0.25, -0.2) is 4.98 Å². The van der Waals surface area contributed by atoms with Gasteiger partial charge in [0.05, 0.1) is 23.6 Å². The highest BCUT2D eigenvalue weighted by Gasteiger charge is 2.15. The van der Waals surface area contributed by atoms with Crippen molar-refractivity contribution in [3.8, 4) is 0 Å². The largest absolute Gasteiger partial charge is 0.347 e. The number of alkyl halides is 1. The summed E-state index contributed by atoms with van der Waals surface area (Å²) in [5.41, 5.74) is 3.30. The first-order valence-corrected chi connectivity index (χ1v) is 6.90. The van der Waals surface area contributed by atoms with Crippen LogP contribution >= 0.6 is 11.6 Å². The summed E-state index contributed by atoms with van der Waals surface area (Å²) in [4.78, 5) is 7.50. The number of benzene rings is 2. The Balaban J connectivity index is 2.04. The number of halogens is 1. The second-order valence-electron chi connectivity index (χ2n) is 4.73. The normalized spacial score (nSPS) is 12.7. The van der Waals surface area contributed by atoms with Crippen molar-refractivity contribution in [3.63, 3.8) is 0 Å². The Labute approximate surface area is 117 Å². The third kappa shape index (κ3) is 2.24. The number of rotatable bonds is 3. The lowest BCUT2D eigenvalue weighted by Crippen LogP contribution is -2.00. The number of fused-ring (bicyclic) bond motifs is 1. The van der Waals surface area contributed by atoms with Gasteiger partial charge in [0.2, 0.25) is 0 Å². The first kappa shape index (κ1) is 12.2. The van der Waals surface area contributed by atoms with Gasteiger partial charge in [-0.1, -0.05) is 49.4 Å². The number of nitrogens with one attached hydrogen (secondary N) is 1. The van der Waals surface area contributed by atoms with Gasteiger partial charge in [-0.15, -0.1) is 11.6 Å². The fourth-order valence-electron chi connectivity index (χ4n) is 2.45. The third-order valence-electron chi connectivity index (χ3n) is 3.57. The molecule has 0 bridgehead atoms. The van der Waals surface area contributed by atoms with E-state index in [4.69, 9.17) is 11.6 Å². The van der Waals surface area contributed by atoms with Crippen LogP contribution in [0.4, 0.5) is 0 Å². The summed E-state index contributed by atoms with van der Waals surface area (Å²) in [5.74, 6) is 0.706. The number of nitrogens with zero attached hydrogens (tertiary/aromatic N) is 1. The summed E-state index contributed by atoms with van der Waals surface area (Å²) >= 11 is 5.93. The van der Waals surface area contributed by atoms with E-state index in [1.54, 1.807) is 6.33 Å². The Hall–Kier alpha value is -1.80. The van der Waals surface area contributed by atoms with Crippen molar-refractivity contribution in [2.24, 2.45) is 0 Å². The van der Waals surface area contributed by atoms with E-state index in [1.165, 1.54) is 16.3 Å². The Morgan fingerprint density at radius 1 is 1.16 bits per heavy atom. The zero-order valence-electron chi connectivity index (χ0n) is 10.7. The zero-order chi connectivity index (χ0) is 13.2. The fraction of sp³-hybridized carbons (Fsp3) is 0.188. The Morgan fingerprint density at radius 2 is 1.95 bits per heavy atom. The number of H-pyrrole nitrogens is 1. The number of hydrogen-bond donors (Lipinski definition) is 1. The summed E-state index contributed by atoms with van der Waals surface area (Å²) in [7, 11) is 0. The van der Waals surface area contributed by atoms with Gasteiger partial charge < -0.3 is 4.98 Å². The van der Waals surface area contributed by atoms with Gasteiger partial charge in [-0.2, -0.15) is 0 Å². The third-order valence-corrected chi connectivity index (χ3v) is 3.84. The van der Waals surface area contributed by atoms with Gasteiger partial charge >= 0.3 is 0 Å². The van der Waals surface area contributed by atoms with Crippen molar-refractivity contribution >= 4 is 22.4 Å². The molecule has 19 heavy (non-hydrogen) atoms. The van der Waals surface area contributed by atoms with Gasteiger partial charge in [0.15, 0.2) is 0 Å². The van der Waals surface area contributed by atoms with Crippen LogP contribution in [0.1, 0.15) is 29.8 Å². The smallest absolute Gasteiger partial charge is 0.0925 e. The van der Waals surface area contributed by atoms with Gasteiger partial charge in [-0.05, 0) is 16.3 Å². The molecule has 1 aromatic heterocycles. The van der Waals surface area contributed by atoms with Crippen LogP contribution in [0, 0.1) is 0 Å². The molecule has 0 saturated heterocycles. The highest BCUT2D eigenvalue weighted by atomic mass is 35.5. The summed E-state index contributed by atoms with van der Waals surface area (Å²) in [6.45, 7) is 2.16. The van der Waals surface area contributed by atoms with Gasteiger partial charge in [0, 0.05) is 5.92 Å². The Morgan fingerprint density at radius 3 is 2.74 bits per heavy atom. The summed E-state index contributed by atoms with van der Waals surface area (Å²) in [5, 5.41) is 2.52. The average molecular weight is 271 g/mol. The highest BCUT2D eigenvalue weighted by molar-refractivity contribution is 6.17. The maximum absolute atomic E-state index is 5.93. The van der Waals surface area contributed by atoms with Crippen molar-refractivity contribution < 1.29 is 0 Å². The summed E-state index contributed by atoms with van der Waals surface area (Å²) < 4.78 is 0. The summed E-state index contributed by atoms with van der Waals surface area (Å²) in [6.07, 6.45) is 1.71. The molecule has 3 rings (SSSR count). The van der Waals surface area contributed by atoms with E-state index in [9.17, 15) is 0 Å². The lowest BCUT2D eigenvalue weighted by atomic mass is 9.94. The van der Waals surface area contributed by atoms with E-state index in [0.29, 0.717) is 5.88 Å². The minimum atomic E-state index is 0.240. The molecule has 96 valence electrons. The van der Waals surface area contributed by atoms with Crippen LogP contribution in [-0.2, 0) is 5.88 Å². The second kappa shape index (κ2) is 5.06. The first-order chi connectivity index (χ1) is 9.29. The van der Waals surface area contributed by atoms with E-state index in [2.05, 4.69) is 59.4 Å². The lowest BCUT2D eigenvalue weighted by molar-refractivity contribution is 0.870. The molecule has 2 nitrogen and oxygen atoms in total. The van der Waals surface area contributed by atoms with Crippen LogP contribution in [0.15, 0.2) is 48.8 Å². The van der Waals surface area contributed by atoms with Crippen LogP contribution < -0.4 is 0 Å². The first-order valence-electron chi connectivity index (χ1n) is 6.36. The highest BCUT2D eigenvalue weighted by Crippen LogP contribution is 2.28. The molecule has 2 aromatic carbocycles. The predicted molar refractivity (Wildman–Crippen MR) is 79.6 cm³/mol. The minimum absolute atomic E-state index is 0.240. The van der Waals surface area contributed by atoms with Crippen molar-refractivity contribution in [1.82, 2.24) is 9.97 Å². The molecule has 3 heteroatoms. The molecule has 0 spiro atoms. The number of hydrogen-bond acceptors (Lipinski definition) is 1. The standard InChI is InChI=1S/C16H15ClN2/c1-11(16-15(9-17)18-10-19-16)13-7-6-12-4-2-3-5-14(12)8-13/h2-8,10-11H,9H2,1H3,(H,18,19). The fourth-order valence-corrected chi connectivity index (χ4v) is 2.66. The van der Waals surface area contributed by atoms with Crippen molar-refractivity contribution in [2.75, 3.05) is 0 Å². The molecule has 0 radical (unpaired) electrons. The monoisotopic (exact) mass is 270 g/mol. The molecular formula is C16H15ClN2. The predicted octanol–water partition coefficient (Wildman–Crippen LogP) is 4.45. The molecule has 0 aliphatic heterocycles. The molecule has 3 aromatic rings. The van der Waals surface area contributed by atoms with Crippen LogP contribution in [0.25, 0.3) is 10.8 Å². The quantitative estimate of drug-likeness (QED) is 0.700. The van der Waals surface area contributed by atoms with Crippen LogP contribution in [0.5, 0.6) is 0 Å². The van der Waals surface area contributed by atoms with Gasteiger partial charge in [0.25, 0.3) is 0 Å². The molecule has 1 atom stereocenters. The molecule has 0 amide bonds. The van der Waals surface area contributed by atoms with E-state index in [-0.39, 0.29) is 5.92 Å². The van der Waals surface area contributed by atoms with E-state index >= 15 is 0 Å². The molecular weight excluding hydrogens is 256 g/mol. The van der Waals surface area contributed by atoms with Crippen LogP contribution in [0.2, 0.25) is 0 Å². The molecule has 0 aliphatic rings. The number of aromatic nitrogens is 2. The van der Waals surface area contributed by atoms with E-state index in [0.717, 1.165) is 11.4 Å². The maximum Gasteiger partial charge on any atom is 0.0925 e. The minimum Gasteiger partial charge on any atom is -0.347 e. The van der Waals surface area contributed by atoms with Gasteiger partial charge in [-0.3, -0.25) is 0 Å². The molecule has 1 unspecified atom stereocenters. The van der Waals surface area contributed by atoms with E-state index < -0.39 is 0 Å². The topological polar surface area (TPSA) is 28.7 Å². The molecule has 1 N–H and O–H groups in total. The van der Waals surface area contributed by atoms with Crippen molar-refractivity contribution in [2.45, 2.75) is 18.7 Å². The average Bonchev–Trinajstić information content (AvgIpc) is 2.94. The zero-order valence-corrected chi connectivity index (χ0v) is 11.5. The lowest BCUT2D eigenvalue weighted by Gasteiger charge is -2.12. The van der Waals surface area contributed by atoms with Crippen LogP contribution in [0.3, 0.4) is 0 Å². The molecule has 0 aliphatic carbocycles. The number of aromatic amines is 1. The molecule has 1 heterocycles. The van der Waals surface area contributed by atoms with Gasteiger partial charge in [0.1, 0.15) is 0 Å². The Kier molecular flexibility index (Phi) is 3.26. The van der Waals surface area contributed by atoms with Crippen molar-refractivity contribution in [1.29, 1.82) is 0 Å². The van der Waals surface area contributed by atoms with Crippen molar-refractivity contribution in [3.05, 3.63) is 65.7 Å². The Bertz CT molecular complexity index is 703. The number of imidazole rings is 1.